The lowest BCUT2D eigenvalue weighted by Crippen LogP contribution is -1.74. The van der Waals surface area contributed by atoms with Crippen LogP contribution in [0.1, 0.15) is 11.1 Å². The van der Waals surface area contributed by atoms with Gasteiger partial charge in [0.2, 0.25) is 0 Å². The van der Waals surface area contributed by atoms with Gasteiger partial charge in [0, 0.05) is 5.39 Å². The van der Waals surface area contributed by atoms with E-state index in [9.17, 15) is 0 Å². The molecular weight excluding hydrogens is 262 g/mol. The summed E-state index contributed by atoms with van der Waals surface area (Å²) >= 11 is 0. The average molecular weight is 273 g/mol. The number of H-pyrrole nitrogens is 1. The summed E-state index contributed by atoms with van der Waals surface area (Å²) in [5, 5.41) is 10.00. The highest BCUT2D eigenvalue weighted by Gasteiger charge is 2.11. The van der Waals surface area contributed by atoms with Crippen molar-refractivity contribution in [2.24, 2.45) is 0 Å². The molecule has 4 nitrogen and oxygen atoms in total. The van der Waals surface area contributed by atoms with Crippen molar-refractivity contribution in [1.82, 2.24) is 9.97 Å². The molecule has 0 aliphatic heterocycles. The van der Waals surface area contributed by atoms with Crippen LogP contribution in [0.3, 0.4) is 0 Å². The smallest absolute Gasteiger partial charge is 0.174 e. The number of nitriles is 1. The van der Waals surface area contributed by atoms with E-state index in [0.717, 1.165) is 22.0 Å². The molecule has 100 valence electrons. The fraction of sp³-hybridized carbons (Fsp3) is 0.0588. The van der Waals surface area contributed by atoms with Crippen LogP contribution >= 0.6 is 0 Å². The molecule has 4 heteroatoms. The highest BCUT2D eigenvalue weighted by Crippen LogP contribution is 2.28. The number of fused-ring (bicyclic) bond motifs is 2. The van der Waals surface area contributed by atoms with E-state index in [4.69, 9.17) is 9.68 Å². The van der Waals surface area contributed by atoms with Crippen LogP contribution in [0, 0.1) is 18.3 Å². The summed E-state index contributed by atoms with van der Waals surface area (Å²) in [4.78, 5) is 7.72. The maximum atomic E-state index is 8.94. The molecule has 0 aliphatic rings. The zero-order valence-electron chi connectivity index (χ0n) is 11.3. The second-order valence-corrected chi connectivity index (χ2v) is 5.08. The number of aromatic nitrogens is 2. The average Bonchev–Trinajstić information content (AvgIpc) is 3.08. The van der Waals surface area contributed by atoms with E-state index < -0.39 is 0 Å². The number of aryl methyl sites for hydroxylation is 1. The lowest BCUT2D eigenvalue weighted by molar-refractivity contribution is 0.626. The lowest BCUT2D eigenvalue weighted by Gasteiger charge is -1.89. The number of aromatic amines is 1. The summed E-state index contributed by atoms with van der Waals surface area (Å²) < 4.78 is 5.84. The van der Waals surface area contributed by atoms with Gasteiger partial charge in [-0.2, -0.15) is 5.26 Å². The van der Waals surface area contributed by atoms with E-state index >= 15 is 0 Å². The molecule has 0 radical (unpaired) electrons. The zero-order chi connectivity index (χ0) is 14.4. The van der Waals surface area contributed by atoms with Gasteiger partial charge >= 0.3 is 0 Å². The lowest BCUT2D eigenvalue weighted by atomic mass is 10.2. The molecular formula is C17H11N3O. The van der Waals surface area contributed by atoms with Crippen LogP contribution in [0.2, 0.25) is 0 Å². The SMILES string of the molecule is Cc1ccc2oc(-c3nc4ccc(C#N)cc4[nH]3)cc2c1. The Labute approximate surface area is 120 Å². The molecule has 4 rings (SSSR count). The Morgan fingerprint density at radius 1 is 1.14 bits per heavy atom. The van der Waals surface area contributed by atoms with Gasteiger partial charge in [-0.1, -0.05) is 11.6 Å². The van der Waals surface area contributed by atoms with Gasteiger partial charge in [-0.15, -0.1) is 0 Å². The van der Waals surface area contributed by atoms with Gasteiger partial charge in [0.05, 0.1) is 22.7 Å². The van der Waals surface area contributed by atoms with Crippen LogP contribution < -0.4 is 0 Å². The highest BCUT2D eigenvalue weighted by molar-refractivity contribution is 5.85. The predicted molar refractivity (Wildman–Crippen MR) is 80.8 cm³/mol. The van der Waals surface area contributed by atoms with Crippen LogP contribution in [-0.2, 0) is 0 Å². The molecule has 0 aliphatic carbocycles. The first-order chi connectivity index (χ1) is 10.2. The second kappa shape index (κ2) is 4.22. The molecule has 2 aromatic carbocycles. The summed E-state index contributed by atoms with van der Waals surface area (Å²) in [6, 6.07) is 15.6. The van der Waals surface area contributed by atoms with Crippen molar-refractivity contribution < 1.29 is 4.42 Å². The molecule has 2 aromatic heterocycles. The first-order valence-corrected chi connectivity index (χ1v) is 6.63. The third kappa shape index (κ3) is 1.87. The summed E-state index contributed by atoms with van der Waals surface area (Å²) in [6.45, 7) is 2.05. The number of nitrogens with zero attached hydrogens (tertiary/aromatic N) is 2. The Hall–Kier alpha value is -3.06. The molecule has 0 saturated heterocycles. The summed E-state index contributed by atoms with van der Waals surface area (Å²) in [6.07, 6.45) is 0. The van der Waals surface area contributed by atoms with Crippen molar-refractivity contribution >= 4 is 22.0 Å². The maximum absolute atomic E-state index is 8.94. The molecule has 0 saturated carbocycles. The third-order valence-electron chi connectivity index (χ3n) is 3.52. The Bertz CT molecular complexity index is 1020. The number of furan rings is 1. The molecule has 0 unspecified atom stereocenters. The standard InChI is InChI=1S/C17H11N3O/c1-10-2-5-15-12(6-10)8-16(21-15)17-19-13-4-3-11(9-18)7-14(13)20-17/h2-8H,1H3,(H,19,20). The van der Waals surface area contributed by atoms with Gasteiger partial charge in [0.25, 0.3) is 0 Å². The largest absolute Gasteiger partial charge is 0.453 e. The first-order valence-electron chi connectivity index (χ1n) is 6.63. The fourth-order valence-corrected chi connectivity index (χ4v) is 2.48. The van der Waals surface area contributed by atoms with E-state index in [-0.39, 0.29) is 0 Å². The van der Waals surface area contributed by atoms with Gasteiger partial charge in [0.1, 0.15) is 5.58 Å². The van der Waals surface area contributed by atoms with Crippen molar-refractivity contribution in [3.05, 3.63) is 53.6 Å². The number of nitrogens with one attached hydrogen (secondary N) is 1. The van der Waals surface area contributed by atoms with Crippen molar-refractivity contribution in [3.63, 3.8) is 0 Å². The van der Waals surface area contributed by atoms with E-state index in [1.54, 1.807) is 12.1 Å². The zero-order valence-corrected chi connectivity index (χ0v) is 11.3. The summed E-state index contributed by atoms with van der Waals surface area (Å²) in [5.41, 5.74) is 4.30. The van der Waals surface area contributed by atoms with Gasteiger partial charge < -0.3 is 9.40 Å². The topological polar surface area (TPSA) is 65.6 Å². The molecule has 0 fully saturated rings. The monoisotopic (exact) mass is 273 g/mol. The number of hydrogen-bond acceptors (Lipinski definition) is 3. The maximum Gasteiger partial charge on any atom is 0.174 e. The van der Waals surface area contributed by atoms with E-state index in [1.807, 2.05) is 24.3 Å². The van der Waals surface area contributed by atoms with Crippen molar-refractivity contribution in [2.45, 2.75) is 6.92 Å². The minimum atomic E-state index is 0.609. The second-order valence-electron chi connectivity index (χ2n) is 5.08. The Kier molecular flexibility index (Phi) is 2.36. The van der Waals surface area contributed by atoms with Crippen molar-refractivity contribution in [1.29, 1.82) is 5.26 Å². The molecule has 0 amide bonds. The number of benzene rings is 2. The number of rotatable bonds is 1. The Morgan fingerprint density at radius 2 is 2.05 bits per heavy atom. The minimum absolute atomic E-state index is 0.609. The number of imidazole rings is 1. The highest BCUT2D eigenvalue weighted by atomic mass is 16.3. The van der Waals surface area contributed by atoms with E-state index in [0.29, 0.717) is 17.1 Å². The predicted octanol–water partition coefficient (Wildman–Crippen LogP) is 4.16. The molecule has 1 N–H and O–H groups in total. The van der Waals surface area contributed by atoms with Crippen LogP contribution in [0.15, 0.2) is 46.9 Å². The van der Waals surface area contributed by atoms with Gasteiger partial charge in [0.15, 0.2) is 11.6 Å². The third-order valence-corrected chi connectivity index (χ3v) is 3.52. The minimum Gasteiger partial charge on any atom is -0.453 e. The molecule has 21 heavy (non-hydrogen) atoms. The molecule has 4 aromatic rings. The van der Waals surface area contributed by atoms with Crippen molar-refractivity contribution in [3.8, 4) is 17.7 Å². The Morgan fingerprint density at radius 3 is 2.90 bits per heavy atom. The van der Waals surface area contributed by atoms with Crippen LogP contribution in [0.4, 0.5) is 0 Å². The summed E-state index contributed by atoms with van der Waals surface area (Å²) in [7, 11) is 0. The van der Waals surface area contributed by atoms with E-state index in [1.165, 1.54) is 5.56 Å². The van der Waals surface area contributed by atoms with Gasteiger partial charge in [-0.25, -0.2) is 4.98 Å². The fourth-order valence-electron chi connectivity index (χ4n) is 2.48. The molecule has 0 bridgehead atoms. The van der Waals surface area contributed by atoms with Crippen molar-refractivity contribution in [2.75, 3.05) is 0 Å². The van der Waals surface area contributed by atoms with Gasteiger partial charge in [-0.3, -0.25) is 0 Å². The summed E-state index contributed by atoms with van der Waals surface area (Å²) in [5.74, 6) is 1.37. The van der Waals surface area contributed by atoms with E-state index in [2.05, 4.69) is 29.0 Å². The number of hydrogen-bond donors (Lipinski definition) is 1. The van der Waals surface area contributed by atoms with Crippen LogP contribution in [-0.4, -0.2) is 9.97 Å². The Balaban J connectivity index is 1.89. The molecule has 0 spiro atoms. The molecule has 0 atom stereocenters. The normalized spacial score (nSPS) is 11.0. The molecule has 2 heterocycles. The first kappa shape index (κ1) is 11.7. The quantitative estimate of drug-likeness (QED) is 0.566. The van der Waals surface area contributed by atoms with Gasteiger partial charge in [-0.05, 0) is 43.3 Å². The van der Waals surface area contributed by atoms with Crippen LogP contribution in [0.25, 0.3) is 33.6 Å². The van der Waals surface area contributed by atoms with Crippen LogP contribution in [0.5, 0.6) is 0 Å².